The summed E-state index contributed by atoms with van der Waals surface area (Å²) < 4.78 is 0. The van der Waals surface area contributed by atoms with E-state index in [9.17, 15) is 4.79 Å². The summed E-state index contributed by atoms with van der Waals surface area (Å²) in [5.41, 5.74) is 4.89. The van der Waals surface area contributed by atoms with Crippen LogP contribution in [0.5, 0.6) is 0 Å². The van der Waals surface area contributed by atoms with Gasteiger partial charge in [0.2, 0.25) is 5.00 Å². The van der Waals surface area contributed by atoms with Crippen molar-refractivity contribution in [1.82, 2.24) is 0 Å². The first-order chi connectivity index (χ1) is 3.50. The fraction of sp³-hybridized carbons (Fsp3) is 0.667. The van der Waals surface area contributed by atoms with Crippen molar-refractivity contribution in [1.29, 1.82) is 0 Å². The smallest absolute Gasteiger partial charge is 0.340 e. The minimum atomic E-state index is -1.80. The SMILES string of the molecule is N[C@@](Cl)(CCl)C(=O)O. The lowest BCUT2D eigenvalue weighted by Crippen LogP contribution is -2.43. The monoisotopic (exact) mass is 157 g/mol. The zero-order valence-corrected chi connectivity index (χ0v) is 5.41. The van der Waals surface area contributed by atoms with E-state index < -0.39 is 11.0 Å². The Balaban J connectivity index is 3.91. The van der Waals surface area contributed by atoms with Crippen molar-refractivity contribution in [2.24, 2.45) is 5.73 Å². The molecule has 0 saturated heterocycles. The Morgan fingerprint density at radius 1 is 1.88 bits per heavy atom. The van der Waals surface area contributed by atoms with Crippen LogP contribution in [0, 0.1) is 0 Å². The fourth-order valence-electron chi connectivity index (χ4n) is 0.0572. The van der Waals surface area contributed by atoms with Gasteiger partial charge in [-0.1, -0.05) is 11.6 Å². The van der Waals surface area contributed by atoms with Crippen LogP contribution in [-0.2, 0) is 4.79 Å². The van der Waals surface area contributed by atoms with Crippen molar-refractivity contribution in [3.63, 3.8) is 0 Å². The molecule has 3 N–H and O–H groups in total. The predicted molar refractivity (Wildman–Crippen MR) is 31.1 cm³/mol. The molecule has 0 unspecified atom stereocenters. The Labute approximate surface area is 56.4 Å². The Hall–Kier alpha value is 0.01000. The number of carbonyl (C=O) groups is 1. The molecular weight excluding hydrogens is 153 g/mol. The van der Waals surface area contributed by atoms with E-state index in [1.807, 2.05) is 0 Å². The van der Waals surface area contributed by atoms with Crippen LogP contribution in [0.3, 0.4) is 0 Å². The van der Waals surface area contributed by atoms with E-state index in [4.69, 9.17) is 34.0 Å². The minimum absolute atomic E-state index is 0.302. The lowest BCUT2D eigenvalue weighted by atomic mass is 10.4. The van der Waals surface area contributed by atoms with E-state index in [-0.39, 0.29) is 5.88 Å². The molecule has 0 fully saturated rings. The van der Waals surface area contributed by atoms with Gasteiger partial charge in [0.15, 0.2) is 0 Å². The second kappa shape index (κ2) is 2.53. The molecule has 8 heavy (non-hydrogen) atoms. The molecule has 48 valence electrons. The summed E-state index contributed by atoms with van der Waals surface area (Å²) in [4.78, 5) is 8.11. The van der Waals surface area contributed by atoms with Crippen molar-refractivity contribution < 1.29 is 9.90 Å². The summed E-state index contributed by atoms with van der Waals surface area (Å²) in [7, 11) is 0. The van der Waals surface area contributed by atoms with E-state index >= 15 is 0 Å². The zero-order chi connectivity index (χ0) is 6.78. The van der Waals surface area contributed by atoms with Crippen LogP contribution >= 0.6 is 23.2 Å². The van der Waals surface area contributed by atoms with Crippen molar-refractivity contribution in [2.45, 2.75) is 5.00 Å². The van der Waals surface area contributed by atoms with Crippen molar-refractivity contribution in [3.05, 3.63) is 0 Å². The maximum Gasteiger partial charge on any atom is 0.340 e. The third-order valence-electron chi connectivity index (χ3n) is 0.550. The van der Waals surface area contributed by atoms with Gasteiger partial charge in [0.05, 0.1) is 5.88 Å². The molecule has 0 aromatic carbocycles. The van der Waals surface area contributed by atoms with Gasteiger partial charge in [0.25, 0.3) is 0 Å². The van der Waals surface area contributed by atoms with E-state index in [1.165, 1.54) is 0 Å². The molecule has 5 heteroatoms. The summed E-state index contributed by atoms with van der Waals surface area (Å²) in [5, 5.41) is 8.10. The summed E-state index contributed by atoms with van der Waals surface area (Å²) in [6.45, 7) is 0. The number of hydrogen-bond donors (Lipinski definition) is 2. The maximum atomic E-state index is 9.91. The Morgan fingerprint density at radius 2 is 2.25 bits per heavy atom. The number of alkyl halides is 2. The summed E-state index contributed by atoms with van der Waals surface area (Å²) in [5.74, 6) is -1.61. The number of hydrogen-bond acceptors (Lipinski definition) is 2. The molecule has 0 aliphatic carbocycles. The maximum absolute atomic E-state index is 9.91. The molecule has 0 heterocycles. The number of carboxylic acids is 1. The summed E-state index contributed by atoms with van der Waals surface area (Å²) in [6, 6.07) is 0. The molecule has 0 aromatic heterocycles. The van der Waals surface area contributed by atoms with Gasteiger partial charge in [-0.15, -0.1) is 11.6 Å². The predicted octanol–water partition coefficient (Wildman–Crippen LogP) is 0.204. The van der Waals surface area contributed by atoms with Gasteiger partial charge >= 0.3 is 5.97 Å². The Kier molecular flexibility index (Phi) is 2.53. The first kappa shape index (κ1) is 8.01. The van der Waals surface area contributed by atoms with Gasteiger partial charge in [-0.2, -0.15) is 0 Å². The van der Waals surface area contributed by atoms with Crippen molar-refractivity contribution in [2.75, 3.05) is 5.88 Å². The van der Waals surface area contributed by atoms with Crippen LogP contribution in [0.1, 0.15) is 0 Å². The molecule has 0 aromatic rings. The van der Waals surface area contributed by atoms with Crippen molar-refractivity contribution >= 4 is 29.2 Å². The van der Waals surface area contributed by atoms with E-state index in [1.54, 1.807) is 0 Å². The molecule has 0 aliphatic rings. The van der Waals surface area contributed by atoms with Gasteiger partial charge in [-0.25, -0.2) is 4.79 Å². The molecule has 0 rings (SSSR count). The highest BCUT2D eigenvalue weighted by atomic mass is 35.5. The summed E-state index contributed by atoms with van der Waals surface area (Å²) in [6.07, 6.45) is 0. The van der Waals surface area contributed by atoms with Gasteiger partial charge < -0.3 is 10.8 Å². The second-order valence-electron chi connectivity index (χ2n) is 1.30. The highest BCUT2D eigenvalue weighted by molar-refractivity contribution is 6.38. The molecule has 3 nitrogen and oxygen atoms in total. The van der Waals surface area contributed by atoms with Gasteiger partial charge in [0, 0.05) is 0 Å². The average molecular weight is 158 g/mol. The lowest BCUT2D eigenvalue weighted by Gasteiger charge is -2.10. The molecule has 0 spiro atoms. The largest absolute Gasteiger partial charge is 0.479 e. The molecule has 0 radical (unpaired) electrons. The third-order valence-corrected chi connectivity index (χ3v) is 1.40. The molecular formula is C3H5Cl2NO2. The highest BCUT2D eigenvalue weighted by Crippen LogP contribution is 2.08. The van der Waals surface area contributed by atoms with Gasteiger partial charge in [-0.3, -0.25) is 0 Å². The Morgan fingerprint density at radius 3 is 2.25 bits per heavy atom. The molecule has 0 amide bonds. The number of halogens is 2. The average Bonchev–Trinajstić information content (AvgIpc) is 1.67. The summed E-state index contributed by atoms with van der Waals surface area (Å²) >= 11 is 10.2. The first-order valence-corrected chi connectivity index (χ1v) is 2.69. The van der Waals surface area contributed by atoms with Crippen LogP contribution in [0.4, 0.5) is 0 Å². The minimum Gasteiger partial charge on any atom is -0.479 e. The molecule has 0 saturated carbocycles. The number of aliphatic carboxylic acids is 1. The molecule has 1 atom stereocenters. The van der Waals surface area contributed by atoms with Crippen molar-refractivity contribution in [3.8, 4) is 0 Å². The quantitative estimate of drug-likeness (QED) is 0.445. The Bertz CT molecular complexity index is 103. The van der Waals surface area contributed by atoms with E-state index in [2.05, 4.69) is 0 Å². The van der Waals surface area contributed by atoms with E-state index in [0.717, 1.165) is 0 Å². The fourth-order valence-corrected chi connectivity index (χ4v) is 0.171. The van der Waals surface area contributed by atoms with E-state index in [0.29, 0.717) is 0 Å². The highest BCUT2D eigenvalue weighted by Gasteiger charge is 2.29. The van der Waals surface area contributed by atoms with Gasteiger partial charge in [-0.05, 0) is 0 Å². The lowest BCUT2D eigenvalue weighted by molar-refractivity contribution is -0.139. The third kappa shape index (κ3) is 1.86. The van der Waals surface area contributed by atoms with Crippen LogP contribution < -0.4 is 5.73 Å². The number of nitrogens with two attached hydrogens (primary N) is 1. The zero-order valence-electron chi connectivity index (χ0n) is 3.90. The number of rotatable bonds is 2. The van der Waals surface area contributed by atoms with Crippen LogP contribution in [-0.4, -0.2) is 22.0 Å². The van der Waals surface area contributed by atoms with Crippen LogP contribution in [0.2, 0.25) is 0 Å². The molecule has 0 aliphatic heterocycles. The standard InChI is InChI=1S/C3H5Cl2NO2/c4-1-3(5,6)2(7)8/h1,6H2,(H,7,8)/t3-/m0/s1. The first-order valence-electron chi connectivity index (χ1n) is 1.78. The van der Waals surface area contributed by atoms with Crippen LogP contribution in [0.25, 0.3) is 0 Å². The second-order valence-corrected chi connectivity index (χ2v) is 2.24. The normalized spacial score (nSPS) is 17.4. The number of carboxylic acid groups (broad SMARTS) is 1. The van der Waals surface area contributed by atoms with Gasteiger partial charge in [0.1, 0.15) is 0 Å². The topological polar surface area (TPSA) is 63.3 Å². The molecule has 0 bridgehead atoms. The van der Waals surface area contributed by atoms with Crippen LogP contribution in [0.15, 0.2) is 0 Å².